The molecule has 33 heavy (non-hydrogen) atoms. The van der Waals surface area contributed by atoms with Gasteiger partial charge in [0.1, 0.15) is 27.5 Å². The number of rotatable bonds is 10. The van der Waals surface area contributed by atoms with Gasteiger partial charge >= 0.3 is 0 Å². The van der Waals surface area contributed by atoms with Gasteiger partial charge < -0.3 is 18.9 Å². The summed E-state index contributed by atoms with van der Waals surface area (Å²) in [6.07, 6.45) is 0.252. The summed E-state index contributed by atoms with van der Waals surface area (Å²) in [7, 11) is 3.24. The average Bonchev–Trinajstić information content (AvgIpc) is 3.30. The zero-order valence-electron chi connectivity index (χ0n) is 19.0. The SMILES string of the molecule is COc1ccc(OC)c2sc(N(CCN3CCOCC3)C(=O)CCOc3ccccc3)nc12. The fraction of sp³-hybridized carbons (Fsp3) is 0.417. The van der Waals surface area contributed by atoms with E-state index in [4.69, 9.17) is 23.9 Å². The number of carbonyl (C=O) groups excluding carboxylic acids is 1. The van der Waals surface area contributed by atoms with E-state index in [1.807, 2.05) is 42.5 Å². The van der Waals surface area contributed by atoms with E-state index in [0.29, 0.717) is 48.5 Å². The van der Waals surface area contributed by atoms with Crippen LogP contribution in [0.3, 0.4) is 0 Å². The van der Waals surface area contributed by atoms with Crippen molar-refractivity contribution in [2.45, 2.75) is 6.42 Å². The molecule has 0 atom stereocenters. The van der Waals surface area contributed by atoms with Crippen molar-refractivity contribution in [2.75, 3.05) is 65.1 Å². The summed E-state index contributed by atoms with van der Waals surface area (Å²) in [6, 6.07) is 13.2. The Morgan fingerprint density at radius 3 is 2.55 bits per heavy atom. The highest BCUT2D eigenvalue weighted by molar-refractivity contribution is 7.22. The minimum Gasteiger partial charge on any atom is -0.495 e. The topological polar surface area (TPSA) is 73.4 Å². The molecule has 1 aromatic heterocycles. The number of anilines is 1. The number of para-hydroxylation sites is 1. The first-order chi connectivity index (χ1) is 16.2. The number of fused-ring (bicyclic) bond motifs is 1. The highest BCUT2D eigenvalue weighted by atomic mass is 32.1. The van der Waals surface area contributed by atoms with Gasteiger partial charge in [0.05, 0.1) is 40.5 Å². The first-order valence-corrected chi connectivity index (χ1v) is 11.8. The minimum atomic E-state index is -0.0313. The van der Waals surface area contributed by atoms with Gasteiger partial charge in [0.2, 0.25) is 5.91 Å². The van der Waals surface area contributed by atoms with Crippen LogP contribution < -0.4 is 19.1 Å². The van der Waals surface area contributed by atoms with Crippen molar-refractivity contribution in [3.63, 3.8) is 0 Å². The van der Waals surface area contributed by atoms with Crippen LogP contribution in [0.15, 0.2) is 42.5 Å². The Kier molecular flexibility index (Phi) is 7.98. The lowest BCUT2D eigenvalue weighted by molar-refractivity contribution is -0.119. The Balaban J connectivity index is 1.54. The van der Waals surface area contributed by atoms with Gasteiger partial charge in [-0.3, -0.25) is 14.6 Å². The van der Waals surface area contributed by atoms with Crippen LogP contribution in [-0.2, 0) is 9.53 Å². The van der Waals surface area contributed by atoms with Crippen LogP contribution in [0.5, 0.6) is 17.2 Å². The summed E-state index contributed by atoms with van der Waals surface area (Å²) >= 11 is 1.44. The lowest BCUT2D eigenvalue weighted by Gasteiger charge is -2.29. The molecule has 1 aliphatic rings. The molecular formula is C24H29N3O5S. The van der Waals surface area contributed by atoms with Crippen molar-refractivity contribution in [1.29, 1.82) is 0 Å². The second-order valence-corrected chi connectivity index (χ2v) is 8.53. The maximum Gasteiger partial charge on any atom is 0.232 e. The second kappa shape index (κ2) is 11.3. The fourth-order valence-electron chi connectivity index (χ4n) is 3.69. The number of hydrogen-bond acceptors (Lipinski definition) is 8. The molecule has 2 heterocycles. The summed E-state index contributed by atoms with van der Waals surface area (Å²) in [6.45, 7) is 4.74. The van der Waals surface area contributed by atoms with Gasteiger partial charge in [-0.2, -0.15) is 0 Å². The molecule has 4 rings (SSSR count). The number of morpholine rings is 1. The third kappa shape index (κ3) is 5.73. The maximum absolute atomic E-state index is 13.3. The zero-order valence-corrected chi connectivity index (χ0v) is 19.8. The van der Waals surface area contributed by atoms with Gasteiger partial charge in [-0.1, -0.05) is 29.5 Å². The number of hydrogen-bond donors (Lipinski definition) is 0. The molecule has 0 bridgehead atoms. The molecule has 1 saturated heterocycles. The Morgan fingerprint density at radius 1 is 1.09 bits per heavy atom. The summed E-state index contributed by atoms with van der Waals surface area (Å²) < 4.78 is 23.1. The molecule has 8 nitrogen and oxygen atoms in total. The van der Waals surface area contributed by atoms with Crippen molar-refractivity contribution < 1.29 is 23.7 Å². The van der Waals surface area contributed by atoms with Gasteiger partial charge in [0, 0.05) is 26.2 Å². The number of carbonyl (C=O) groups is 1. The van der Waals surface area contributed by atoms with Crippen molar-refractivity contribution in [1.82, 2.24) is 9.88 Å². The summed E-state index contributed by atoms with van der Waals surface area (Å²) in [5, 5.41) is 0.630. The Hall–Kier alpha value is -2.88. The van der Waals surface area contributed by atoms with Gasteiger partial charge in [-0.25, -0.2) is 4.98 Å². The largest absolute Gasteiger partial charge is 0.495 e. The number of benzene rings is 2. The highest BCUT2D eigenvalue weighted by Gasteiger charge is 2.23. The van der Waals surface area contributed by atoms with Gasteiger partial charge in [-0.15, -0.1) is 0 Å². The molecule has 0 radical (unpaired) electrons. The van der Waals surface area contributed by atoms with Crippen LogP contribution in [0.25, 0.3) is 10.2 Å². The Bertz CT molecular complexity index is 1010. The van der Waals surface area contributed by atoms with Crippen LogP contribution in [0.4, 0.5) is 5.13 Å². The summed E-state index contributed by atoms with van der Waals surface area (Å²) in [5.74, 6) is 2.08. The summed E-state index contributed by atoms with van der Waals surface area (Å²) in [5.41, 5.74) is 0.696. The third-order valence-electron chi connectivity index (χ3n) is 5.50. The number of amides is 1. The summed E-state index contributed by atoms with van der Waals surface area (Å²) in [4.78, 5) is 22.1. The van der Waals surface area contributed by atoms with Crippen molar-refractivity contribution >= 4 is 32.6 Å². The van der Waals surface area contributed by atoms with Crippen LogP contribution in [0.2, 0.25) is 0 Å². The zero-order chi connectivity index (χ0) is 23.0. The lowest BCUT2D eigenvalue weighted by atomic mass is 10.3. The van der Waals surface area contributed by atoms with Gasteiger partial charge in [0.25, 0.3) is 0 Å². The smallest absolute Gasteiger partial charge is 0.232 e. The van der Waals surface area contributed by atoms with Crippen molar-refractivity contribution in [2.24, 2.45) is 0 Å². The lowest BCUT2D eigenvalue weighted by Crippen LogP contribution is -2.43. The van der Waals surface area contributed by atoms with E-state index in [1.165, 1.54) is 11.3 Å². The molecule has 1 amide bonds. The third-order valence-corrected chi connectivity index (χ3v) is 6.60. The fourth-order valence-corrected chi connectivity index (χ4v) is 4.81. The van der Waals surface area contributed by atoms with E-state index in [2.05, 4.69) is 4.90 Å². The minimum absolute atomic E-state index is 0.0313. The molecule has 0 unspecified atom stereocenters. The van der Waals surface area contributed by atoms with Crippen LogP contribution in [0.1, 0.15) is 6.42 Å². The van der Waals surface area contributed by atoms with E-state index >= 15 is 0 Å². The molecule has 1 aliphatic heterocycles. The first kappa shape index (κ1) is 23.3. The molecule has 0 aliphatic carbocycles. The van der Waals surface area contributed by atoms with Crippen LogP contribution in [0, 0.1) is 0 Å². The number of methoxy groups -OCH3 is 2. The molecular weight excluding hydrogens is 442 g/mol. The molecule has 176 valence electrons. The van der Waals surface area contributed by atoms with Gasteiger partial charge in [0.15, 0.2) is 5.13 Å². The molecule has 3 aromatic rings. The molecule has 0 N–H and O–H groups in total. The Labute approximate surface area is 197 Å². The number of thiazole rings is 1. The quantitative estimate of drug-likeness (QED) is 0.448. The average molecular weight is 472 g/mol. The van der Waals surface area contributed by atoms with E-state index in [1.54, 1.807) is 19.1 Å². The molecule has 2 aromatic carbocycles. The van der Waals surface area contributed by atoms with Crippen molar-refractivity contribution in [3.8, 4) is 17.2 Å². The monoisotopic (exact) mass is 471 g/mol. The van der Waals surface area contributed by atoms with E-state index in [-0.39, 0.29) is 12.3 Å². The number of nitrogens with zero attached hydrogens (tertiary/aromatic N) is 3. The predicted molar refractivity (Wildman–Crippen MR) is 129 cm³/mol. The normalized spacial score (nSPS) is 14.2. The number of aromatic nitrogens is 1. The molecule has 1 fully saturated rings. The Morgan fingerprint density at radius 2 is 1.82 bits per heavy atom. The van der Waals surface area contributed by atoms with Crippen molar-refractivity contribution in [3.05, 3.63) is 42.5 Å². The van der Waals surface area contributed by atoms with Gasteiger partial charge in [-0.05, 0) is 24.3 Å². The van der Waals surface area contributed by atoms with E-state index in [9.17, 15) is 4.79 Å². The maximum atomic E-state index is 13.3. The van der Waals surface area contributed by atoms with Crippen LogP contribution in [-0.4, -0.2) is 76.0 Å². The number of ether oxygens (including phenoxy) is 4. The molecule has 9 heteroatoms. The van der Waals surface area contributed by atoms with E-state index in [0.717, 1.165) is 30.1 Å². The predicted octanol–water partition coefficient (Wildman–Crippen LogP) is 3.45. The first-order valence-electron chi connectivity index (χ1n) is 11.0. The molecule has 0 saturated carbocycles. The second-order valence-electron chi connectivity index (χ2n) is 7.56. The molecule has 0 spiro atoms. The standard InChI is InChI=1S/C24H29N3O5S/c1-29-19-8-9-20(30-2)23-22(19)25-24(33-23)27(12-11-26-13-16-31-17-14-26)21(28)10-15-32-18-6-4-3-5-7-18/h3-9H,10-17H2,1-2H3. The highest BCUT2D eigenvalue weighted by Crippen LogP contribution is 2.40. The van der Waals surface area contributed by atoms with Crippen LogP contribution >= 0.6 is 11.3 Å². The van der Waals surface area contributed by atoms with E-state index < -0.39 is 0 Å².